The van der Waals surface area contributed by atoms with Gasteiger partial charge in [0.2, 0.25) is 0 Å². The van der Waals surface area contributed by atoms with Crippen LogP contribution in [0.2, 0.25) is 5.02 Å². The highest BCUT2D eigenvalue weighted by atomic mass is 35.5. The fourth-order valence-electron chi connectivity index (χ4n) is 2.38. The molecular formula is C14H17ClFNO2. The summed E-state index contributed by atoms with van der Waals surface area (Å²) in [6.45, 7) is 3.80. The number of piperidine rings is 1. The monoisotopic (exact) mass is 285 g/mol. The number of hydrogen-bond acceptors (Lipinski definition) is 2. The van der Waals surface area contributed by atoms with Gasteiger partial charge in [-0.3, -0.25) is 9.69 Å². The number of likely N-dealkylation sites (tertiary alicyclic amines) is 1. The molecule has 5 heteroatoms. The highest BCUT2D eigenvalue weighted by Gasteiger charge is 2.36. The molecule has 1 aliphatic rings. The number of carbonyl (C=O) groups is 1. The van der Waals surface area contributed by atoms with E-state index < -0.39 is 11.4 Å². The summed E-state index contributed by atoms with van der Waals surface area (Å²) >= 11 is 5.82. The van der Waals surface area contributed by atoms with Crippen LogP contribution in [0.3, 0.4) is 0 Å². The molecule has 1 heterocycles. The van der Waals surface area contributed by atoms with Crippen LogP contribution in [-0.2, 0) is 11.3 Å². The molecule has 0 atom stereocenters. The van der Waals surface area contributed by atoms with E-state index in [-0.39, 0.29) is 5.82 Å². The second-order valence-electron chi connectivity index (χ2n) is 5.42. The molecule has 1 fully saturated rings. The molecule has 3 nitrogen and oxygen atoms in total. The van der Waals surface area contributed by atoms with Gasteiger partial charge in [0.05, 0.1) is 5.41 Å². The highest BCUT2D eigenvalue weighted by molar-refractivity contribution is 6.30. The van der Waals surface area contributed by atoms with Crippen molar-refractivity contribution in [3.63, 3.8) is 0 Å². The minimum atomic E-state index is -0.735. The molecule has 0 aliphatic carbocycles. The predicted octanol–water partition coefficient (Wildman–Crippen LogP) is 3.17. The fourth-order valence-corrected chi connectivity index (χ4v) is 2.62. The van der Waals surface area contributed by atoms with Crippen LogP contribution in [0.25, 0.3) is 0 Å². The minimum absolute atomic E-state index is 0.338. The molecule has 1 saturated heterocycles. The summed E-state index contributed by atoms with van der Waals surface area (Å²) in [4.78, 5) is 13.3. The molecule has 0 bridgehead atoms. The zero-order valence-corrected chi connectivity index (χ0v) is 11.6. The first kappa shape index (κ1) is 14.3. The van der Waals surface area contributed by atoms with Crippen molar-refractivity contribution in [2.45, 2.75) is 26.3 Å². The molecule has 0 saturated carbocycles. The van der Waals surface area contributed by atoms with Gasteiger partial charge in [0.1, 0.15) is 5.82 Å². The van der Waals surface area contributed by atoms with Crippen molar-refractivity contribution in [3.05, 3.63) is 34.6 Å². The summed E-state index contributed by atoms with van der Waals surface area (Å²) < 4.78 is 13.2. The van der Waals surface area contributed by atoms with Crippen LogP contribution < -0.4 is 0 Å². The summed E-state index contributed by atoms with van der Waals surface area (Å²) in [6, 6.07) is 4.50. The number of hydrogen-bond donors (Lipinski definition) is 1. The molecule has 1 aliphatic heterocycles. The molecule has 0 amide bonds. The van der Waals surface area contributed by atoms with Crippen LogP contribution in [0, 0.1) is 11.2 Å². The summed E-state index contributed by atoms with van der Waals surface area (Å²) in [6.07, 6.45) is 1.23. The summed E-state index contributed by atoms with van der Waals surface area (Å²) in [5.41, 5.74) is 0.194. The smallest absolute Gasteiger partial charge is 0.309 e. The molecule has 0 aromatic heterocycles. The van der Waals surface area contributed by atoms with Crippen LogP contribution in [0.5, 0.6) is 0 Å². The quantitative estimate of drug-likeness (QED) is 0.927. The van der Waals surface area contributed by atoms with Gasteiger partial charge in [0.15, 0.2) is 0 Å². The van der Waals surface area contributed by atoms with Gasteiger partial charge in [-0.1, -0.05) is 11.6 Å². The lowest BCUT2D eigenvalue weighted by Crippen LogP contribution is -2.42. The maximum atomic E-state index is 13.2. The number of benzene rings is 1. The van der Waals surface area contributed by atoms with E-state index in [9.17, 15) is 9.18 Å². The molecule has 1 aromatic carbocycles. The normalized spacial score (nSPS) is 19.3. The van der Waals surface area contributed by atoms with Gasteiger partial charge in [-0.15, -0.1) is 0 Å². The van der Waals surface area contributed by atoms with Gasteiger partial charge in [0, 0.05) is 11.6 Å². The largest absolute Gasteiger partial charge is 0.481 e. The minimum Gasteiger partial charge on any atom is -0.481 e. The van der Waals surface area contributed by atoms with Crippen molar-refractivity contribution >= 4 is 17.6 Å². The van der Waals surface area contributed by atoms with Gasteiger partial charge in [0.25, 0.3) is 0 Å². The van der Waals surface area contributed by atoms with E-state index in [1.165, 1.54) is 12.1 Å². The molecule has 19 heavy (non-hydrogen) atoms. The van der Waals surface area contributed by atoms with Gasteiger partial charge in [-0.2, -0.15) is 0 Å². The van der Waals surface area contributed by atoms with Crippen LogP contribution in [-0.4, -0.2) is 29.1 Å². The van der Waals surface area contributed by atoms with E-state index in [1.54, 1.807) is 13.0 Å². The first-order valence-electron chi connectivity index (χ1n) is 6.30. The van der Waals surface area contributed by atoms with E-state index in [0.717, 1.165) is 5.56 Å². The van der Waals surface area contributed by atoms with Crippen molar-refractivity contribution < 1.29 is 14.3 Å². The van der Waals surface area contributed by atoms with E-state index in [2.05, 4.69) is 4.90 Å². The third kappa shape index (κ3) is 3.45. The maximum Gasteiger partial charge on any atom is 0.309 e. The Labute approximate surface area is 117 Å². The molecule has 2 rings (SSSR count). The zero-order valence-electron chi connectivity index (χ0n) is 10.8. The fraction of sp³-hybridized carbons (Fsp3) is 0.500. The molecule has 1 aromatic rings. The number of halogens is 2. The van der Waals surface area contributed by atoms with Crippen LogP contribution in [0.4, 0.5) is 4.39 Å². The SMILES string of the molecule is CC1(C(=O)O)CCN(Cc2cc(F)cc(Cl)c2)CC1. The molecule has 1 N–H and O–H groups in total. The second kappa shape index (κ2) is 5.47. The van der Waals surface area contributed by atoms with Crippen molar-refractivity contribution in [1.82, 2.24) is 4.90 Å². The van der Waals surface area contributed by atoms with E-state index in [4.69, 9.17) is 16.7 Å². The molecule has 0 radical (unpaired) electrons. The zero-order chi connectivity index (χ0) is 14.0. The third-order valence-corrected chi connectivity index (χ3v) is 4.02. The summed E-state index contributed by atoms with van der Waals surface area (Å²) in [7, 11) is 0. The number of carboxylic acids is 1. The molecular weight excluding hydrogens is 269 g/mol. The number of rotatable bonds is 3. The van der Waals surface area contributed by atoms with Gasteiger partial charge < -0.3 is 5.11 Å². The van der Waals surface area contributed by atoms with Crippen molar-refractivity contribution in [2.24, 2.45) is 5.41 Å². The lowest BCUT2D eigenvalue weighted by Gasteiger charge is -2.36. The first-order chi connectivity index (χ1) is 8.89. The van der Waals surface area contributed by atoms with Crippen molar-refractivity contribution in [3.8, 4) is 0 Å². The van der Waals surface area contributed by atoms with E-state index in [1.807, 2.05) is 0 Å². The lowest BCUT2D eigenvalue weighted by molar-refractivity contribution is -0.150. The van der Waals surface area contributed by atoms with E-state index >= 15 is 0 Å². The van der Waals surface area contributed by atoms with Gasteiger partial charge in [-0.05, 0) is 56.6 Å². The number of nitrogens with zero attached hydrogens (tertiary/aromatic N) is 1. The van der Waals surface area contributed by atoms with Crippen LogP contribution in [0.15, 0.2) is 18.2 Å². The average molecular weight is 286 g/mol. The Morgan fingerprint density at radius 3 is 2.58 bits per heavy atom. The Hall–Kier alpha value is -1.13. The second-order valence-corrected chi connectivity index (χ2v) is 5.86. The Kier molecular flexibility index (Phi) is 4.11. The Morgan fingerprint density at radius 2 is 2.05 bits per heavy atom. The number of carboxylic acid groups (broad SMARTS) is 1. The van der Waals surface area contributed by atoms with E-state index in [0.29, 0.717) is 37.5 Å². The van der Waals surface area contributed by atoms with Gasteiger partial charge >= 0.3 is 5.97 Å². The Bertz CT molecular complexity index is 464. The summed E-state index contributed by atoms with van der Waals surface area (Å²) in [5, 5.41) is 9.55. The Morgan fingerprint density at radius 1 is 1.42 bits per heavy atom. The molecule has 0 spiro atoms. The van der Waals surface area contributed by atoms with Crippen molar-refractivity contribution in [2.75, 3.05) is 13.1 Å². The Balaban J connectivity index is 1.97. The maximum absolute atomic E-state index is 13.2. The standard InChI is InChI=1S/C14H17ClFNO2/c1-14(13(18)19)2-4-17(5-3-14)9-10-6-11(15)8-12(16)7-10/h6-8H,2-5,9H2,1H3,(H,18,19). The molecule has 0 unspecified atom stereocenters. The third-order valence-electron chi connectivity index (χ3n) is 3.80. The highest BCUT2D eigenvalue weighted by Crippen LogP contribution is 2.31. The van der Waals surface area contributed by atoms with Crippen molar-refractivity contribution in [1.29, 1.82) is 0 Å². The summed E-state index contributed by atoms with van der Waals surface area (Å²) in [5.74, 6) is -1.07. The van der Waals surface area contributed by atoms with Crippen LogP contribution in [0.1, 0.15) is 25.3 Å². The topological polar surface area (TPSA) is 40.5 Å². The lowest BCUT2D eigenvalue weighted by atomic mass is 9.80. The van der Waals surface area contributed by atoms with Gasteiger partial charge in [-0.25, -0.2) is 4.39 Å². The molecule has 104 valence electrons. The first-order valence-corrected chi connectivity index (χ1v) is 6.68. The predicted molar refractivity (Wildman–Crippen MR) is 71.7 cm³/mol. The van der Waals surface area contributed by atoms with Crippen LogP contribution >= 0.6 is 11.6 Å². The number of aliphatic carboxylic acids is 1. The average Bonchev–Trinajstić information content (AvgIpc) is 2.31.